The van der Waals surface area contributed by atoms with Crippen LogP contribution in [0.2, 0.25) is 5.02 Å². The van der Waals surface area contributed by atoms with E-state index in [2.05, 4.69) is 10.0 Å². The number of aliphatic hydroxyl groups is 1. The van der Waals surface area contributed by atoms with Crippen molar-refractivity contribution in [2.45, 2.75) is 11.0 Å². The molecule has 0 aromatic heterocycles. The Bertz CT molecular complexity index is 1300. The molecule has 0 heterocycles. The van der Waals surface area contributed by atoms with Gasteiger partial charge in [-0.3, -0.25) is 4.79 Å². The second-order valence-corrected chi connectivity index (χ2v) is 9.25. The number of carbonyl (C=O) groups is 1. The minimum atomic E-state index is -4.05. The van der Waals surface area contributed by atoms with Crippen molar-refractivity contribution in [2.75, 3.05) is 26.1 Å². The molecule has 0 saturated heterocycles. The van der Waals surface area contributed by atoms with Crippen LogP contribution in [0.4, 0.5) is 10.1 Å². The van der Waals surface area contributed by atoms with E-state index in [1.807, 2.05) is 0 Å². The molecule has 3 rings (SSSR count). The monoisotopic (exact) mass is 508 g/mol. The van der Waals surface area contributed by atoms with Crippen molar-refractivity contribution in [1.82, 2.24) is 4.72 Å². The standard InChI is InChI=1S/C23H22ClFN2O6S/c1-32-20-10-8-15(12-21(20)33-2)34(30,31)26-13-22(28)27-19-9-7-14(24)11-17(19)23(29)16-5-3-4-6-18(16)25/h3-12,23,26,29H,13H2,1-2H3,(H,27,28). The molecule has 11 heteroatoms. The lowest BCUT2D eigenvalue weighted by molar-refractivity contribution is -0.115. The number of methoxy groups -OCH3 is 2. The van der Waals surface area contributed by atoms with Crippen LogP contribution < -0.4 is 19.5 Å². The van der Waals surface area contributed by atoms with Crippen LogP contribution >= 0.6 is 11.6 Å². The number of aliphatic hydroxyl groups excluding tert-OH is 1. The molecule has 0 spiro atoms. The lowest BCUT2D eigenvalue weighted by Gasteiger charge is -2.18. The van der Waals surface area contributed by atoms with Gasteiger partial charge < -0.3 is 19.9 Å². The maximum Gasteiger partial charge on any atom is 0.241 e. The number of rotatable bonds is 9. The van der Waals surface area contributed by atoms with E-state index in [1.54, 1.807) is 6.07 Å². The Labute approximate surface area is 201 Å². The van der Waals surface area contributed by atoms with Crippen LogP contribution in [0.15, 0.2) is 65.6 Å². The molecule has 3 aromatic rings. The Morgan fingerprint density at radius 3 is 2.41 bits per heavy atom. The summed E-state index contributed by atoms with van der Waals surface area (Å²) in [4.78, 5) is 12.4. The van der Waals surface area contributed by atoms with Gasteiger partial charge in [0.15, 0.2) is 11.5 Å². The van der Waals surface area contributed by atoms with Crippen LogP contribution in [0.25, 0.3) is 0 Å². The average Bonchev–Trinajstić information content (AvgIpc) is 2.83. The molecule has 0 radical (unpaired) electrons. The predicted octanol–water partition coefficient (Wildman–Crippen LogP) is 3.50. The summed E-state index contributed by atoms with van der Waals surface area (Å²) in [5.41, 5.74) is 0.290. The first-order valence-corrected chi connectivity index (χ1v) is 11.8. The van der Waals surface area contributed by atoms with Gasteiger partial charge in [-0.2, -0.15) is 0 Å². The molecule has 0 aliphatic rings. The van der Waals surface area contributed by atoms with Gasteiger partial charge in [0.1, 0.15) is 11.9 Å². The molecule has 0 bridgehead atoms. The van der Waals surface area contributed by atoms with Crippen molar-refractivity contribution < 1.29 is 32.2 Å². The van der Waals surface area contributed by atoms with Crippen molar-refractivity contribution in [1.29, 1.82) is 0 Å². The van der Waals surface area contributed by atoms with Gasteiger partial charge in [0.25, 0.3) is 0 Å². The first-order valence-electron chi connectivity index (χ1n) is 9.89. The highest BCUT2D eigenvalue weighted by Gasteiger charge is 2.21. The minimum Gasteiger partial charge on any atom is -0.493 e. The molecule has 1 unspecified atom stereocenters. The first kappa shape index (κ1) is 25.4. The van der Waals surface area contributed by atoms with Gasteiger partial charge in [-0.15, -0.1) is 0 Å². The summed E-state index contributed by atoms with van der Waals surface area (Å²) in [6, 6.07) is 14.0. The van der Waals surface area contributed by atoms with Crippen molar-refractivity contribution in [3.63, 3.8) is 0 Å². The molecule has 8 nitrogen and oxygen atoms in total. The number of anilines is 1. The number of ether oxygens (including phenoxy) is 2. The Morgan fingerprint density at radius 2 is 1.74 bits per heavy atom. The SMILES string of the molecule is COc1ccc(S(=O)(=O)NCC(=O)Nc2ccc(Cl)cc2C(O)c2ccccc2F)cc1OC. The molecule has 1 amide bonds. The third kappa shape index (κ3) is 5.84. The Morgan fingerprint density at radius 1 is 1.03 bits per heavy atom. The van der Waals surface area contributed by atoms with Crippen molar-refractivity contribution in [2.24, 2.45) is 0 Å². The maximum atomic E-state index is 14.2. The summed E-state index contributed by atoms with van der Waals surface area (Å²) in [5.74, 6) is -0.783. The van der Waals surface area contributed by atoms with Crippen LogP contribution in [0.3, 0.4) is 0 Å². The molecule has 3 aromatic carbocycles. The smallest absolute Gasteiger partial charge is 0.241 e. The number of hydrogen-bond acceptors (Lipinski definition) is 6. The van der Waals surface area contributed by atoms with Crippen LogP contribution in [0.5, 0.6) is 11.5 Å². The summed E-state index contributed by atoms with van der Waals surface area (Å²) in [6.45, 7) is -0.603. The highest BCUT2D eigenvalue weighted by atomic mass is 35.5. The maximum absolute atomic E-state index is 14.2. The Kier molecular flexibility index (Phi) is 8.11. The zero-order valence-electron chi connectivity index (χ0n) is 18.2. The number of nitrogens with one attached hydrogen (secondary N) is 2. The van der Waals surface area contributed by atoms with Crippen molar-refractivity contribution in [3.05, 3.63) is 82.6 Å². The van der Waals surface area contributed by atoms with E-state index in [0.29, 0.717) is 5.75 Å². The van der Waals surface area contributed by atoms with Gasteiger partial charge in [0, 0.05) is 27.9 Å². The van der Waals surface area contributed by atoms with E-state index in [9.17, 15) is 22.7 Å². The Hall–Kier alpha value is -3.18. The summed E-state index contributed by atoms with van der Waals surface area (Å²) in [7, 11) is -1.26. The zero-order valence-corrected chi connectivity index (χ0v) is 19.8. The second kappa shape index (κ2) is 10.8. The predicted molar refractivity (Wildman–Crippen MR) is 125 cm³/mol. The molecule has 0 aliphatic carbocycles. The van der Waals surface area contributed by atoms with Gasteiger partial charge in [0.2, 0.25) is 15.9 Å². The fraction of sp³-hybridized carbons (Fsp3) is 0.174. The summed E-state index contributed by atoms with van der Waals surface area (Å²) in [6.07, 6.45) is -1.42. The minimum absolute atomic E-state index is 0.00517. The van der Waals surface area contributed by atoms with Crippen LogP contribution in [0.1, 0.15) is 17.2 Å². The van der Waals surface area contributed by atoms with Gasteiger partial charge in [0.05, 0.1) is 25.7 Å². The molecule has 0 aliphatic heterocycles. The molecule has 0 saturated carbocycles. The van der Waals surface area contributed by atoms with Crippen molar-refractivity contribution in [3.8, 4) is 11.5 Å². The summed E-state index contributed by atoms with van der Waals surface area (Å²) < 4.78 is 51.8. The van der Waals surface area contributed by atoms with Gasteiger partial charge in [-0.25, -0.2) is 17.5 Å². The Balaban J connectivity index is 1.76. The number of hydrogen-bond donors (Lipinski definition) is 3. The summed E-state index contributed by atoms with van der Waals surface area (Å²) in [5, 5.41) is 13.5. The lowest BCUT2D eigenvalue weighted by Crippen LogP contribution is -2.33. The van der Waals surface area contributed by atoms with E-state index < -0.39 is 34.4 Å². The number of sulfonamides is 1. The van der Waals surface area contributed by atoms with E-state index >= 15 is 0 Å². The van der Waals surface area contributed by atoms with E-state index in [0.717, 1.165) is 0 Å². The molecule has 3 N–H and O–H groups in total. The largest absolute Gasteiger partial charge is 0.493 e. The van der Waals surface area contributed by atoms with Gasteiger partial charge >= 0.3 is 0 Å². The fourth-order valence-electron chi connectivity index (χ4n) is 3.16. The third-order valence-electron chi connectivity index (χ3n) is 4.87. The summed E-state index contributed by atoms with van der Waals surface area (Å²) >= 11 is 6.03. The molecular formula is C23H22ClFN2O6S. The van der Waals surface area contributed by atoms with Gasteiger partial charge in [-0.05, 0) is 36.4 Å². The molecule has 180 valence electrons. The highest BCUT2D eigenvalue weighted by Crippen LogP contribution is 2.32. The van der Waals surface area contributed by atoms with Crippen LogP contribution in [-0.4, -0.2) is 40.2 Å². The van der Waals surface area contributed by atoms with E-state index in [4.69, 9.17) is 21.1 Å². The molecule has 34 heavy (non-hydrogen) atoms. The van der Waals surface area contributed by atoms with Crippen LogP contribution in [-0.2, 0) is 14.8 Å². The second-order valence-electron chi connectivity index (χ2n) is 7.05. The molecular weight excluding hydrogens is 487 g/mol. The quantitative estimate of drug-likeness (QED) is 0.407. The first-order chi connectivity index (χ1) is 16.2. The lowest BCUT2D eigenvalue weighted by atomic mass is 9.99. The van der Waals surface area contributed by atoms with E-state index in [1.165, 1.54) is 68.8 Å². The van der Waals surface area contributed by atoms with E-state index in [-0.39, 0.29) is 32.5 Å². The highest BCUT2D eigenvalue weighted by molar-refractivity contribution is 7.89. The number of benzene rings is 3. The average molecular weight is 509 g/mol. The van der Waals surface area contributed by atoms with Gasteiger partial charge in [-0.1, -0.05) is 29.8 Å². The molecule has 1 atom stereocenters. The zero-order chi connectivity index (χ0) is 24.9. The number of amides is 1. The number of halogens is 2. The number of carbonyl (C=O) groups excluding carboxylic acids is 1. The molecule has 0 fully saturated rings. The topological polar surface area (TPSA) is 114 Å². The van der Waals surface area contributed by atoms with Crippen molar-refractivity contribution >= 4 is 33.2 Å². The normalized spacial score (nSPS) is 12.1. The third-order valence-corrected chi connectivity index (χ3v) is 6.50. The fourth-order valence-corrected chi connectivity index (χ4v) is 4.34. The van der Waals surface area contributed by atoms with Crippen LogP contribution in [0, 0.1) is 5.82 Å².